The summed E-state index contributed by atoms with van der Waals surface area (Å²) >= 11 is 0. The van der Waals surface area contributed by atoms with Gasteiger partial charge in [0.2, 0.25) is 0 Å². The van der Waals surface area contributed by atoms with E-state index >= 15 is 0 Å². The Morgan fingerprint density at radius 3 is 2.79 bits per heavy atom. The minimum Gasteiger partial charge on any atom is -0.462 e. The molecule has 0 saturated heterocycles. The standard InChI is InChI=1S/C11H20O3/c1-3-5-6-7-10(12)8-9-14-11(13)4-2/h4,10,12H,2-3,5-9H2,1H3. The molecule has 1 atom stereocenters. The largest absolute Gasteiger partial charge is 0.462 e. The molecule has 0 aromatic rings. The van der Waals surface area contributed by atoms with Gasteiger partial charge in [0.1, 0.15) is 0 Å². The van der Waals surface area contributed by atoms with Crippen LogP contribution in [0.25, 0.3) is 0 Å². The lowest BCUT2D eigenvalue weighted by Crippen LogP contribution is -2.12. The van der Waals surface area contributed by atoms with Gasteiger partial charge in [-0.3, -0.25) is 0 Å². The molecule has 0 aliphatic heterocycles. The van der Waals surface area contributed by atoms with E-state index in [1.54, 1.807) is 0 Å². The normalized spacial score (nSPS) is 12.1. The van der Waals surface area contributed by atoms with Gasteiger partial charge in [-0.05, 0) is 6.42 Å². The predicted octanol–water partition coefficient (Wildman–Crippen LogP) is 2.05. The van der Waals surface area contributed by atoms with Crippen LogP contribution >= 0.6 is 0 Å². The van der Waals surface area contributed by atoms with E-state index in [2.05, 4.69) is 13.5 Å². The summed E-state index contributed by atoms with van der Waals surface area (Å²) in [6.45, 7) is 5.68. The van der Waals surface area contributed by atoms with Crippen molar-refractivity contribution in [1.29, 1.82) is 0 Å². The molecule has 0 amide bonds. The lowest BCUT2D eigenvalue weighted by atomic mass is 10.1. The highest BCUT2D eigenvalue weighted by atomic mass is 16.5. The van der Waals surface area contributed by atoms with Crippen LogP contribution in [0.15, 0.2) is 12.7 Å². The highest BCUT2D eigenvalue weighted by Crippen LogP contribution is 2.06. The van der Waals surface area contributed by atoms with Crippen LogP contribution in [0.2, 0.25) is 0 Å². The summed E-state index contributed by atoms with van der Waals surface area (Å²) in [4.78, 5) is 10.6. The van der Waals surface area contributed by atoms with Gasteiger partial charge in [0.05, 0.1) is 12.7 Å². The fourth-order valence-corrected chi connectivity index (χ4v) is 1.13. The van der Waals surface area contributed by atoms with Crippen LogP contribution in [0.1, 0.15) is 39.0 Å². The molecule has 0 aromatic heterocycles. The second kappa shape index (κ2) is 8.75. The number of hydrogen-bond acceptors (Lipinski definition) is 3. The number of esters is 1. The number of aliphatic hydroxyl groups is 1. The molecule has 0 aliphatic carbocycles. The SMILES string of the molecule is C=CC(=O)OCCC(O)CCCCC. The Balaban J connectivity index is 3.30. The van der Waals surface area contributed by atoms with Crippen molar-refractivity contribution in [1.82, 2.24) is 0 Å². The third-order valence-electron chi connectivity index (χ3n) is 2.00. The molecule has 0 bridgehead atoms. The molecule has 82 valence electrons. The van der Waals surface area contributed by atoms with Gasteiger partial charge in [-0.25, -0.2) is 4.79 Å². The molecule has 0 rings (SSSR count). The second-order valence-electron chi connectivity index (χ2n) is 3.31. The average Bonchev–Trinajstić information content (AvgIpc) is 2.18. The lowest BCUT2D eigenvalue weighted by Gasteiger charge is -2.09. The predicted molar refractivity (Wildman–Crippen MR) is 55.9 cm³/mol. The molecule has 0 heterocycles. The summed E-state index contributed by atoms with van der Waals surface area (Å²) in [6.07, 6.45) is 5.42. The maximum atomic E-state index is 10.6. The van der Waals surface area contributed by atoms with Crippen LogP contribution in [0.3, 0.4) is 0 Å². The number of ether oxygens (including phenoxy) is 1. The number of aliphatic hydroxyl groups excluding tert-OH is 1. The number of hydrogen-bond donors (Lipinski definition) is 1. The van der Waals surface area contributed by atoms with Crippen molar-refractivity contribution >= 4 is 5.97 Å². The number of unbranched alkanes of at least 4 members (excludes halogenated alkanes) is 2. The Hall–Kier alpha value is -0.830. The van der Waals surface area contributed by atoms with E-state index in [0.717, 1.165) is 31.8 Å². The Morgan fingerprint density at radius 1 is 1.50 bits per heavy atom. The molecular weight excluding hydrogens is 180 g/mol. The van der Waals surface area contributed by atoms with Gasteiger partial charge < -0.3 is 9.84 Å². The summed E-state index contributed by atoms with van der Waals surface area (Å²) in [6, 6.07) is 0. The number of carbonyl (C=O) groups excluding carboxylic acids is 1. The topological polar surface area (TPSA) is 46.5 Å². The van der Waals surface area contributed by atoms with Crippen LogP contribution in [-0.4, -0.2) is 23.8 Å². The molecule has 3 nitrogen and oxygen atoms in total. The highest BCUT2D eigenvalue weighted by molar-refractivity contribution is 5.81. The van der Waals surface area contributed by atoms with Gasteiger partial charge in [-0.1, -0.05) is 32.8 Å². The van der Waals surface area contributed by atoms with Gasteiger partial charge in [0.15, 0.2) is 0 Å². The third-order valence-corrected chi connectivity index (χ3v) is 2.00. The van der Waals surface area contributed by atoms with E-state index in [9.17, 15) is 9.90 Å². The van der Waals surface area contributed by atoms with E-state index in [1.165, 1.54) is 0 Å². The Labute approximate surface area is 85.8 Å². The smallest absolute Gasteiger partial charge is 0.330 e. The van der Waals surface area contributed by atoms with Crippen molar-refractivity contribution in [3.8, 4) is 0 Å². The first kappa shape index (κ1) is 13.2. The maximum absolute atomic E-state index is 10.6. The lowest BCUT2D eigenvalue weighted by molar-refractivity contribution is -0.138. The first-order valence-electron chi connectivity index (χ1n) is 5.18. The summed E-state index contributed by atoms with van der Waals surface area (Å²) in [5, 5.41) is 9.44. The first-order valence-corrected chi connectivity index (χ1v) is 5.18. The van der Waals surface area contributed by atoms with Crippen LogP contribution in [-0.2, 0) is 9.53 Å². The fraction of sp³-hybridized carbons (Fsp3) is 0.727. The van der Waals surface area contributed by atoms with Crippen molar-refractivity contribution in [3.63, 3.8) is 0 Å². The van der Waals surface area contributed by atoms with Crippen molar-refractivity contribution in [2.75, 3.05) is 6.61 Å². The molecule has 0 fully saturated rings. The van der Waals surface area contributed by atoms with Crippen molar-refractivity contribution in [2.24, 2.45) is 0 Å². The third kappa shape index (κ3) is 7.80. The summed E-state index contributed by atoms with van der Waals surface area (Å²) in [7, 11) is 0. The Morgan fingerprint density at radius 2 is 2.21 bits per heavy atom. The second-order valence-corrected chi connectivity index (χ2v) is 3.31. The summed E-state index contributed by atoms with van der Waals surface area (Å²) in [5.74, 6) is -0.425. The molecule has 1 N–H and O–H groups in total. The number of rotatable bonds is 8. The molecule has 0 spiro atoms. The quantitative estimate of drug-likeness (QED) is 0.370. The van der Waals surface area contributed by atoms with E-state index in [0.29, 0.717) is 6.42 Å². The molecule has 0 radical (unpaired) electrons. The number of carbonyl (C=O) groups is 1. The zero-order chi connectivity index (χ0) is 10.8. The summed E-state index contributed by atoms with van der Waals surface area (Å²) < 4.78 is 4.75. The maximum Gasteiger partial charge on any atom is 0.330 e. The van der Waals surface area contributed by atoms with E-state index in [4.69, 9.17) is 4.74 Å². The van der Waals surface area contributed by atoms with Gasteiger partial charge in [-0.15, -0.1) is 0 Å². The molecule has 0 aliphatic rings. The molecule has 1 unspecified atom stereocenters. The van der Waals surface area contributed by atoms with Gasteiger partial charge >= 0.3 is 5.97 Å². The zero-order valence-electron chi connectivity index (χ0n) is 8.87. The Kier molecular flexibility index (Phi) is 8.24. The monoisotopic (exact) mass is 200 g/mol. The van der Waals surface area contributed by atoms with Crippen molar-refractivity contribution < 1.29 is 14.6 Å². The molecule has 0 aromatic carbocycles. The van der Waals surface area contributed by atoms with Crippen LogP contribution in [0.4, 0.5) is 0 Å². The van der Waals surface area contributed by atoms with Gasteiger partial charge in [0, 0.05) is 12.5 Å². The van der Waals surface area contributed by atoms with Crippen molar-refractivity contribution in [3.05, 3.63) is 12.7 Å². The van der Waals surface area contributed by atoms with Crippen LogP contribution in [0.5, 0.6) is 0 Å². The molecule has 14 heavy (non-hydrogen) atoms. The minimum atomic E-state index is -0.425. The first-order chi connectivity index (χ1) is 6.70. The van der Waals surface area contributed by atoms with Gasteiger partial charge in [-0.2, -0.15) is 0 Å². The minimum absolute atomic E-state index is 0.276. The van der Waals surface area contributed by atoms with E-state index in [-0.39, 0.29) is 12.7 Å². The van der Waals surface area contributed by atoms with Crippen molar-refractivity contribution in [2.45, 2.75) is 45.1 Å². The van der Waals surface area contributed by atoms with E-state index in [1.807, 2.05) is 0 Å². The Bertz CT molecular complexity index is 166. The zero-order valence-corrected chi connectivity index (χ0v) is 8.87. The molecular formula is C11H20O3. The van der Waals surface area contributed by atoms with E-state index < -0.39 is 5.97 Å². The van der Waals surface area contributed by atoms with Crippen LogP contribution in [0, 0.1) is 0 Å². The summed E-state index contributed by atoms with van der Waals surface area (Å²) in [5.41, 5.74) is 0. The van der Waals surface area contributed by atoms with Gasteiger partial charge in [0.25, 0.3) is 0 Å². The fourth-order valence-electron chi connectivity index (χ4n) is 1.13. The molecule has 3 heteroatoms. The molecule has 0 saturated carbocycles. The van der Waals surface area contributed by atoms with Crippen LogP contribution < -0.4 is 0 Å². The average molecular weight is 200 g/mol. The highest BCUT2D eigenvalue weighted by Gasteiger charge is 2.04.